The third-order valence-electron chi connectivity index (χ3n) is 2.84. The minimum Gasteiger partial charge on any atom is -0.493 e. The molecule has 0 aliphatic heterocycles. The second-order valence-corrected chi connectivity index (χ2v) is 4.71. The smallest absolute Gasteiger partial charge is 0.338 e. The molecule has 0 unspecified atom stereocenters. The summed E-state index contributed by atoms with van der Waals surface area (Å²) in [4.78, 5) is 12.1. The average Bonchev–Trinajstić information content (AvgIpc) is 2.92. The quantitative estimate of drug-likeness (QED) is 0.627. The number of rotatable bonds is 7. The SMILES string of the molecule is CCOC(=O)c1cccc(OCC)c1COc1ccn(S)n1. The zero-order valence-corrected chi connectivity index (χ0v) is 13.4. The fourth-order valence-corrected chi connectivity index (χ4v) is 2.08. The minimum absolute atomic E-state index is 0.148. The van der Waals surface area contributed by atoms with Crippen molar-refractivity contribution in [3.63, 3.8) is 0 Å². The summed E-state index contributed by atoms with van der Waals surface area (Å²) in [6.07, 6.45) is 1.65. The van der Waals surface area contributed by atoms with Crippen LogP contribution >= 0.6 is 12.8 Å². The van der Waals surface area contributed by atoms with Gasteiger partial charge in [0.25, 0.3) is 0 Å². The zero-order chi connectivity index (χ0) is 15.9. The Hall–Kier alpha value is -2.15. The monoisotopic (exact) mass is 322 g/mol. The summed E-state index contributed by atoms with van der Waals surface area (Å²) in [5.41, 5.74) is 1.06. The van der Waals surface area contributed by atoms with Crippen molar-refractivity contribution in [1.29, 1.82) is 0 Å². The molecule has 1 aromatic heterocycles. The van der Waals surface area contributed by atoms with Gasteiger partial charge in [-0.2, -0.15) is 0 Å². The minimum atomic E-state index is -0.401. The van der Waals surface area contributed by atoms with Gasteiger partial charge in [0.05, 0.1) is 18.8 Å². The Morgan fingerprint density at radius 3 is 2.68 bits per heavy atom. The number of hydrogen-bond acceptors (Lipinski definition) is 6. The summed E-state index contributed by atoms with van der Waals surface area (Å²) >= 11 is 4.05. The van der Waals surface area contributed by atoms with Gasteiger partial charge in [0.1, 0.15) is 12.4 Å². The van der Waals surface area contributed by atoms with Crippen LogP contribution in [0.3, 0.4) is 0 Å². The van der Waals surface area contributed by atoms with Crippen molar-refractivity contribution in [3.05, 3.63) is 41.6 Å². The van der Waals surface area contributed by atoms with Crippen LogP contribution in [0.15, 0.2) is 30.5 Å². The summed E-state index contributed by atoms with van der Waals surface area (Å²) in [5.74, 6) is 0.608. The molecule has 0 saturated heterocycles. The molecule has 0 amide bonds. The molecular weight excluding hydrogens is 304 g/mol. The number of nitrogens with zero attached hydrogens (tertiary/aromatic N) is 2. The van der Waals surface area contributed by atoms with E-state index in [0.717, 1.165) is 0 Å². The normalized spacial score (nSPS) is 10.3. The maximum Gasteiger partial charge on any atom is 0.338 e. The van der Waals surface area contributed by atoms with E-state index in [1.54, 1.807) is 37.4 Å². The Bertz CT molecular complexity index is 642. The van der Waals surface area contributed by atoms with Crippen molar-refractivity contribution in [2.75, 3.05) is 13.2 Å². The van der Waals surface area contributed by atoms with Crippen LogP contribution in [0, 0.1) is 0 Å². The summed E-state index contributed by atoms with van der Waals surface area (Å²) in [6, 6.07) is 6.92. The second kappa shape index (κ2) is 7.74. The molecule has 0 spiro atoms. The van der Waals surface area contributed by atoms with Crippen LogP contribution in [0.5, 0.6) is 11.6 Å². The molecule has 0 bridgehead atoms. The lowest BCUT2D eigenvalue weighted by molar-refractivity contribution is 0.0522. The van der Waals surface area contributed by atoms with Gasteiger partial charge < -0.3 is 14.2 Å². The number of benzene rings is 1. The molecule has 6 nitrogen and oxygen atoms in total. The van der Waals surface area contributed by atoms with Crippen LogP contribution in [-0.2, 0) is 11.3 Å². The number of carbonyl (C=O) groups is 1. The van der Waals surface area contributed by atoms with Gasteiger partial charge in [-0.1, -0.05) is 6.07 Å². The predicted octanol–water partition coefficient (Wildman–Crippen LogP) is 2.73. The lowest BCUT2D eigenvalue weighted by atomic mass is 10.1. The van der Waals surface area contributed by atoms with E-state index in [1.807, 2.05) is 6.92 Å². The highest BCUT2D eigenvalue weighted by Gasteiger charge is 2.17. The Morgan fingerprint density at radius 1 is 1.23 bits per heavy atom. The van der Waals surface area contributed by atoms with Gasteiger partial charge in [-0.05, 0) is 38.8 Å². The maximum absolute atomic E-state index is 12.1. The molecule has 0 aliphatic carbocycles. The average molecular weight is 322 g/mol. The van der Waals surface area contributed by atoms with Gasteiger partial charge in [-0.25, -0.2) is 8.88 Å². The number of thiol groups is 1. The van der Waals surface area contributed by atoms with Crippen LogP contribution in [-0.4, -0.2) is 28.4 Å². The highest BCUT2D eigenvalue weighted by atomic mass is 32.1. The largest absolute Gasteiger partial charge is 0.493 e. The lowest BCUT2D eigenvalue weighted by Gasteiger charge is -2.14. The Balaban J connectivity index is 2.26. The number of carbonyl (C=O) groups excluding carboxylic acids is 1. The Morgan fingerprint density at radius 2 is 2.05 bits per heavy atom. The van der Waals surface area contributed by atoms with E-state index >= 15 is 0 Å². The fraction of sp³-hybridized carbons (Fsp3) is 0.333. The summed E-state index contributed by atoms with van der Waals surface area (Å²) in [6.45, 7) is 4.59. The Labute approximate surface area is 134 Å². The maximum atomic E-state index is 12.1. The van der Waals surface area contributed by atoms with Crippen molar-refractivity contribution in [2.24, 2.45) is 0 Å². The van der Waals surface area contributed by atoms with Gasteiger partial charge in [-0.3, -0.25) is 0 Å². The molecule has 0 atom stereocenters. The molecule has 7 heteroatoms. The van der Waals surface area contributed by atoms with Crippen molar-refractivity contribution in [2.45, 2.75) is 20.5 Å². The lowest BCUT2D eigenvalue weighted by Crippen LogP contribution is -2.12. The number of esters is 1. The molecule has 22 heavy (non-hydrogen) atoms. The first-order valence-corrected chi connectivity index (χ1v) is 7.35. The second-order valence-electron chi connectivity index (χ2n) is 4.30. The van der Waals surface area contributed by atoms with Crippen molar-refractivity contribution >= 4 is 18.8 Å². The molecule has 0 aliphatic rings. The predicted molar refractivity (Wildman–Crippen MR) is 84.5 cm³/mol. The molecule has 1 heterocycles. The Kier molecular flexibility index (Phi) is 5.71. The van der Waals surface area contributed by atoms with Crippen LogP contribution in [0.4, 0.5) is 0 Å². The third kappa shape index (κ3) is 3.94. The van der Waals surface area contributed by atoms with Gasteiger partial charge in [0.15, 0.2) is 0 Å². The van der Waals surface area contributed by atoms with Crippen LogP contribution in [0.1, 0.15) is 29.8 Å². The molecule has 0 saturated carbocycles. The molecule has 0 radical (unpaired) electrons. The number of ether oxygens (including phenoxy) is 3. The first-order valence-electron chi connectivity index (χ1n) is 6.95. The van der Waals surface area contributed by atoms with Gasteiger partial charge in [0, 0.05) is 17.8 Å². The number of aromatic nitrogens is 2. The van der Waals surface area contributed by atoms with Gasteiger partial charge in [-0.15, -0.1) is 5.10 Å². The summed E-state index contributed by atoms with van der Waals surface area (Å²) in [7, 11) is 0. The van der Waals surface area contributed by atoms with E-state index in [2.05, 4.69) is 17.9 Å². The molecule has 118 valence electrons. The van der Waals surface area contributed by atoms with E-state index < -0.39 is 5.97 Å². The van der Waals surface area contributed by atoms with E-state index in [9.17, 15) is 4.79 Å². The van der Waals surface area contributed by atoms with Crippen LogP contribution in [0.2, 0.25) is 0 Å². The first kappa shape index (κ1) is 16.2. The van der Waals surface area contributed by atoms with Gasteiger partial charge in [0.2, 0.25) is 5.88 Å². The highest BCUT2D eigenvalue weighted by Crippen LogP contribution is 2.25. The van der Waals surface area contributed by atoms with E-state index in [1.165, 1.54) is 4.09 Å². The summed E-state index contributed by atoms with van der Waals surface area (Å²) < 4.78 is 17.6. The molecule has 0 N–H and O–H groups in total. The topological polar surface area (TPSA) is 62.6 Å². The number of hydrogen-bond donors (Lipinski definition) is 1. The molecule has 0 fully saturated rings. The van der Waals surface area contributed by atoms with Crippen molar-refractivity contribution < 1.29 is 19.0 Å². The summed E-state index contributed by atoms with van der Waals surface area (Å²) in [5, 5.41) is 4.01. The van der Waals surface area contributed by atoms with E-state index in [4.69, 9.17) is 14.2 Å². The molecular formula is C15H18N2O4S. The zero-order valence-electron chi connectivity index (χ0n) is 12.5. The van der Waals surface area contributed by atoms with E-state index in [-0.39, 0.29) is 6.61 Å². The molecule has 2 aromatic rings. The van der Waals surface area contributed by atoms with Crippen molar-refractivity contribution in [1.82, 2.24) is 9.19 Å². The first-order chi connectivity index (χ1) is 10.7. The van der Waals surface area contributed by atoms with Crippen molar-refractivity contribution in [3.8, 4) is 11.6 Å². The fourth-order valence-electron chi connectivity index (χ4n) is 1.93. The van der Waals surface area contributed by atoms with Crippen LogP contribution in [0.25, 0.3) is 0 Å². The third-order valence-corrected chi connectivity index (χ3v) is 3.07. The van der Waals surface area contributed by atoms with E-state index in [0.29, 0.717) is 36.0 Å². The van der Waals surface area contributed by atoms with Gasteiger partial charge >= 0.3 is 5.97 Å². The highest BCUT2D eigenvalue weighted by molar-refractivity contribution is 7.78. The molecule has 1 aromatic carbocycles. The standard InChI is InChI=1S/C15H18N2O4S/c1-3-19-13-7-5-6-11(15(18)20-4-2)12(13)10-21-14-8-9-17(22)16-14/h5-9,22H,3-4,10H2,1-2H3. The van der Waals surface area contributed by atoms with Crippen LogP contribution < -0.4 is 9.47 Å². The molecule has 2 rings (SSSR count).